The zero-order valence-electron chi connectivity index (χ0n) is 27.9. The normalized spacial score (nSPS) is 13.6. The molecule has 0 fully saturated rings. The summed E-state index contributed by atoms with van der Waals surface area (Å²) >= 11 is 0. The van der Waals surface area contributed by atoms with Crippen LogP contribution in [0.15, 0.2) is 158 Å². The van der Waals surface area contributed by atoms with Crippen molar-refractivity contribution in [2.45, 2.75) is 19.3 Å². The van der Waals surface area contributed by atoms with Gasteiger partial charge in [-0.1, -0.05) is 111 Å². The number of hydrogen-bond donors (Lipinski definition) is 1. The molecule has 3 aromatic heterocycles. The van der Waals surface area contributed by atoms with Gasteiger partial charge < -0.3 is 14.1 Å². The first-order valence-corrected chi connectivity index (χ1v) is 17.5. The number of fused-ring (bicyclic) bond motifs is 12. The van der Waals surface area contributed by atoms with Gasteiger partial charge >= 0.3 is 0 Å². The first-order chi connectivity index (χ1) is 24.6. The zero-order chi connectivity index (χ0) is 33.1. The quantitative estimate of drug-likeness (QED) is 0.199. The van der Waals surface area contributed by atoms with Crippen molar-refractivity contribution < 1.29 is 0 Å². The van der Waals surface area contributed by atoms with E-state index in [1.54, 1.807) is 0 Å². The average Bonchev–Trinajstić information content (AvgIpc) is 3.88. The van der Waals surface area contributed by atoms with E-state index in [9.17, 15) is 0 Å². The first-order valence-electron chi connectivity index (χ1n) is 17.5. The lowest BCUT2D eigenvalue weighted by molar-refractivity contribution is 0.666. The van der Waals surface area contributed by atoms with Crippen molar-refractivity contribution in [1.29, 1.82) is 0 Å². The van der Waals surface area contributed by atoms with Crippen LogP contribution in [0.25, 0.3) is 88.3 Å². The van der Waals surface area contributed by atoms with Crippen LogP contribution in [0.5, 0.6) is 0 Å². The molecule has 0 aliphatic heterocycles. The van der Waals surface area contributed by atoms with Crippen molar-refractivity contribution in [3.05, 3.63) is 169 Å². The number of para-hydroxylation sites is 3. The van der Waals surface area contributed by atoms with Gasteiger partial charge in [0.1, 0.15) is 0 Å². The monoisotopic (exact) mass is 639 g/mol. The standard InChI is InChI=1S/C47H33N3/c1-47(2)38-19-11-9-18-35(38)46-44(47)43-42(50(46)32-15-7-4-8-16-32)26-23-34-36-27-29(21-24-39(36)48-45(34)43)30-22-25-41-37(28-30)33-17-10-12-20-40(33)49(41)31-13-5-3-6-14-31/h3-28,48H,1-2H3. The van der Waals surface area contributed by atoms with Crippen LogP contribution < -0.4 is 0 Å². The Morgan fingerprint density at radius 1 is 0.480 bits per heavy atom. The van der Waals surface area contributed by atoms with Gasteiger partial charge in [0.05, 0.1) is 27.8 Å². The number of rotatable bonds is 3. The fourth-order valence-electron chi connectivity index (χ4n) is 9.01. The minimum Gasteiger partial charge on any atom is -0.354 e. The Kier molecular flexibility index (Phi) is 5.45. The van der Waals surface area contributed by atoms with Gasteiger partial charge in [0.2, 0.25) is 0 Å². The molecule has 50 heavy (non-hydrogen) atoms. The third kappa shape index (κ3) is 3.59. The molecule has 0 radical (unpaired) electrons. The predicted octanol–water partition coefficient (Wildman–Crippen LogP) is 12.3. The molecule has 0 atom stereocenters. The molecule has 0 amide bonds. The summed E-state index contributed by atoms with van der Waals surface area (Å²) in [7, 11) is 0. The van der Waals surface area contributed by atoms with Gasteiger partial charge in [-0.05, 0) is 82.9 Å². The Bertz CT molecular complexity index is 2990. The summed E-state index contributed by atoms with van der Waals surface area (Å²) in [4.78, 5) is 3.92. The van der Waals surface area contributed by atoms with E-state index in [0.717, 1.165) is 5.52 Å². The molecule has 0 saturated carbocycles. The van der Waals surface area contributed by atoms with Gasteiger partial charge in [-0.25, -0.2) is 0 Å². The summed E-state index contributed by atoms with van der Waals surface area (Å²) in [5, 5.41) is 6.36. The molecule has 0 unspecified atom stereocenters. The van der Waals surface area contributed by atoms with Gasteiger partial charge in [-0.15, -0.1) is 0 Å². The minimum absolute atomic E-state index is 0.144. The van der Waals surface area contributed by atoms with Crippen molar-refractivity contribution >= 4 is 54.5 Å². The fourth-order valence-corrected chi connectivity index (χ4v) is 9.01. The van der Waals surface area contributed by atoms with Gasteiger partial charge in [0, 0.05) is 54.8 Å². The van der Waals surface area contributed by atoms with E-state index in [0.29, 0.717) is 0 Å². The molecule has 236 valence electrons. The summed E-state index contributed by atoms with van der Waals surface area (Å²) in [5.41, 5.74) is 16.1. The molecule has 10 aromatic rings. The van der Waals surface area contributed by atoms with Crippen LogP contribution in [0.2, 0.25) is 0 Å². The van der Waals surface area contributed by atoms with Gasteiger partial charge in [-0.2, -0.15) is 0 Å². The number of benzene rings is 7. The topological polar surface area (TPSA) is 25.6 Å². The predicted molar refractivity (Wildman–Crippen MR) is 210 cm³/mol. The SMILES string of the molecule is CC1(C)c2ccccc2-c2c1c1c3[nH]c4ccc(-c5ccc6c(c5)c5ccccc5n6-c5ccccc5)cc4c3ccc1n2-c1ccccc1. The zero-order valence-corrected chi connectivity index (χ0v) is 27.9. The molecule has 0 bridgehead atoms. The summed E-state index contributed by atoms with van der Waals surface area (Å²) in [5.74, 6) is 0. The van der Waals surface area contributed by atoms with Crippen LogP contribution in [0.4, 0.5) is 0 Å². The maximum Gasteiger partial charge on any atom is 0.0585 e. The summed E-state index contributed by atoms with van der Waals surface area (Å²) in [6.45, 7) is 4.77. The molecule has 11 rings (SSSR count). The molecule has 3 nitrogen and oxygen atoms in total. The number of aromatic amines is 1. The van der Waals surface area contributed by atoms with Crippen LogP contribution in [0, 0.1) is 0 Å². The maximum atomic E-state index is 3.92. The molecule has 7 aromatic carbocycles. The van der Waals surface area contributed by atoms with Crippen LogP contribution >= 0.6 is 0 Å². The van der Waals surface area contributed by atoms with Crippen LogP contribution in [-0.4, -0.2) is 14.1 Å². The third-order valence-corrected chi connectivity index (χ3v) is 11.2. The van der Waals surface area contributed by atoms with E-state index in [1.807, 2.05) is 0 Å². The fraction of sp³-hybridized carbons (Fsp3) is 0.0638. The smallest absolute Gasteiger partial charge is 0.0585 e. The highest BCUT2D eigenvalue weighted by atomic mass is 15.0. The molecule has 0 saturated heterocycles. The summed E-state index contributed by atoms with van der Waals surface area (Å²) < 4.78 is 4.86. The first kappa shape index (κ1) is 27.6. The molecule has 1 aliphatic carbocycles. The third-order valence-electron chi connectivity index (χ3n) is 11.2. The maximum absolute atomic E-state index is 3.92. The number of nitrogens with zero attached hydrogens (tertiary/aromatic N) is 2. The number of hydrogen-bond acceptors (Lipinski definition) is 0. The second-order valence-corrected chi connectivity index (χ2v) is 14.3. The van der Waals surface area contributed by atoms with E-state index in [2.05, 4.69) is 186 Å². The molecule has 3 heterocycles. The van der Waals surface area contributed by atoms with E-state index in [-0.39, 0.29) is 5.41 Å². The van der Waals surface area contributed by atoms with Crippen LogP contribution in [0.1, 0.15) is 25.0 Å². The Labute approximate surface area is 289 Å². The summed E-state index contributed by atoms with van der Waals surface area (Å²) in [6, 6.07) is 57.7. The van der Waals surface area contributed by atoms with Gasteiger partial charge in [0.15, 0.2) is 0 Å². The van der Waals surface area contributed by atoms with Crippen molar-refractivity contribution in [2.24, 2.45) is 0 Å². The Morgan fingerprint density at radius 3 is 1.90 bits per heavy atom. The highest BCUT2D eigenvalue weighted by molar-refractivity contribution is 6.20. The second kappa shape index (κ2) is 9.87. The molecule has 3 heteroatoms. The summed E-state index contributed by atoms with van der Waals surface area (Å²) in [6.07, 6.45) is 0. The molecular weight excluding hydrogens is 607 g/mol. The lowest BCUT2D eigenvalue weighted by Crippen LogP contribution is -2.14. The second-order valence-electron chi connectivity index (χ2n) is 14.3. The molecular formula is C47H33N3. The van der Waals surface area contributed by atoms with E-state index in [1.165, 1.54) is 93.9 Å². The van der Waals surface area contributed by atoms with E-state index < -0.39 is 0 Å². The van der Waals surface area contributed by atoms with E-state index >= 15 is 0 Å². The van der Waals surface area contributed by atoms with Gasteiger partial charge in [-0.3, -0.25) is 0 Å². The van der Waals surface area contributed by atoms with Crippen molar-refractivity contribution in [1.82, 2.24) is 14.1 Å². The lowest BCUT2D eigenvalue weighted by Gasteiger charge is -2.21. The minimum atomic E-state index is -0.144. The van der Waals surface area contributed by atoms with E-state index in [4.69, 9.17) is 0 Å². The number of H-pyrrole nitrogens is 1. The largest absolute Gasteiger partial charge is 0.354 e. The average molecular weight is 640 g/mol. The Hall–Kier alpha value is -6.32. The number of aromatic nitrogens is 3. The highest BCUT2D eigenvalue weighted by Crippen LogP contribution is 2.55. The number of nitrogens with one attached hydrogen (secondary N) is 1. The lowest BCUT2D eigenvalue weighted by atomic mass is 9.81. The van der Waals surface area contributed by atoms with Crippen molar-refractivity contribution in [3.63, 3.8) is 0 Å². The highest BCUT2D eigenvalue weighted by Gasteiger charge is 2.41. The molecule has 0 spiro atoms. The van der Waals surface area contributed by atoms with Crippen LogP contribution in [-0.2, 0) is 5.41 Å². The van der Waals surface area contributed by atoms with Crippen molar-refractivity contribution in [2.75, 3.05) is 0 Å². The molecule has 1 N–H and O–H groups in total. The van der Waals surface area contributed by atoms with Gasteiger partial charge in [0.25, 0.3) is 0 Å². The Balaban J connectivity index is 1.15. The molecule has 1 aliphatic rings. The Morgan fingerprint density at radius 2 is 1.10 bits per heavy atom. The van der Waals surface area contributed by atoms with Crippen LogP contribution in [0.3, 0.4) is 0 Å². The van der Waals surface area contributed by atoms with Crippen molar-refractivity contribution in [3.8, 4) is 33.8 Å².